The van der Waals surface area contributed by atoms with Crippen molar-refractivity contribution < 1.29 is 18.3 Å². The molecule has 0 bridgehead atoms. The monoisotopic (exact) mass is 349 g/mol. The molecular formula is C16H17F2N5O2. The topological polar surface area (TPSA) is 79.4 Å². The van der Waals surface area contributed by atoms with Crippen molar-refractivity contribution in [1.29, 1.82) is 0 Å². The van der Waals surface area contributed by atoms with E-state index in [9.17, 15) is 13.6 Å². The van der Waals surface area contributed by atoms with Crippen LogP contribution < -0.4 is 15.5 Å². The molecule has 0 aliphatic carbocycles. The molecule has 0 saturated carbocycles. The summed E-state index contributed by atoms with van der Waals surface area (Å²) in [5, 5.41) is 4.82. The number of carbonyl (C=O) groups is 1. The smallest absolute Gasteiger partial charge is 0.319 e. The molecule has 2 aromatic rings. The first-order valence-corrected chi connectivity index (χ1v) is 7.76. The van der Waals surface area contributed by atoms with E-state index in [1.807, 2.05) is 4.90 Å². The Labute approximate surface area is 143 Å². The lowest BCUT2D eigenvalue weighted by Gasteiger charge is -2.26. The number of ether oxygens (including phenoxy) is 1. The van der Waals surface area contributed by atoms with Crippen LogP contribution in [-0.4, -0.2) is 42.3 Å². The molecule has 9 heteroatoms. The average Bonchev–Trinajstić information content (AvgIpc) is 2.64. The van der Waals surface area contributed by atoms with E-state index in [0.717, 1.165) is 18.2 Å². The van der Waals surface area contributed by atoms with Crippen LogP contribution in [0.3, 0.4) is 0 Å². The van der Waals surface area contributed by atoms with Gasteiger partial charge < -0.3 is 20.3 Å². The van der Waals surface area contributed by atoms with Crippen LogP contribution in [0.15, 0.2) is 30.5 Å². The summed E-state index contributed by atoms with van der Waals surface area (Å²) in [6, 6.07) is 3.86. The number of carbonyl (C=O) groups excluding carboxylic acids is 1. The van der Waals surface area contributed by atoms with Crippen LogP contribution in [0.4, 0.5) is 25.2 Å². The molecule has 3 rings (SSSR count). The van der Waals surface area contributed by atoms with Gasteiger partial charge in [0.1, 0.15) is 11.6 Å². The fourth-order valence-corrected chi connectivity index (χ4v) is 2.33. The van der Waals surface area contributed by atoms with Crippen LogP contribution in [0.2, 0.25) is 0 Å². The Balaban J connectivity index is 1.57. The van der Waals surface area contributed by atoms with E-state index >= 15 is 0 Å². The zero-order valence-electron chi connectivity index (χ0n) is 13.3. The maximum absolute atomic E-state index is 13.5. The van der Waals surface area contributed by atoms with Crippen molar-refractivity contribution in [2.24, 2.45) is 0 Å². The van der Waals surface area contributed by atoms with Crippen molar-refractivity contribution in [1.82, 2.24) is 15.3 Å². The van der Waals surface area contributed by atoms with E-state index in [-0.39, 0.29) is 12.2 Å². The first-order chi connectivity index (χ1) is 12.1. The summed E-state index contributed by atoms with van der Waals surface area (Å²) in [5.74, 6) is -0.782. The number of benzene rings is 1. The van der Waals surface area contributed by atoms with Crippen LogP contribution in [0, 0.1) is 11.6 Å². The summed E-state index contributed by atoms with van der Waals surface area (Å²) in [6.45, 7) is 2.77. The van der Waals surface area contributed by atoms with Gasteiger partial charge in [0.05, 0.1) is 31.1 Å². The lowest BCUT2D eigenvalue weighted by molar-refractivity contribution is 0.122. The lowest BCUT2D eigenvalue weighted by Crippen LogP contribution is -2.37. The number of morpholine rings is 1. The Bertz CT molecular complexity index is 753. The highest BCUT2D eigenvalue weighted by Crippen LogP contribution is 2.15. The molecule has 1 aromatic heterocycles. The largest absolute Gasteiger partial charge is 0.378 e. The Morgan fingerprint density at radius 1 is 1.24 bits per heavy atom. The highest BCUT2D eigenvalue weighted by atomic mass is 19.1. The molecule has 0 radical (unpaired) electrons. The summed E-state index contributed by atoms with van der Waals surface area (Å²) in [5.41, 5.74) is 0.376. The third kappa shape index (κ3) is 4.60. The molecule has 0 spiro atoms. The van der Waals surface area contributed by atoms with Gasteiger partial charge in [0.25, 0.3) is 0 Å². The number of hydrogen-bond acceptors (Lipinski definition) is 5. The molecule has 2 amide bonds. The van der Waals surface area contributed by atoms with Crippen LogP contribution in [0.25, 0.3) is 0 Å². The van der Waals surface area contributed by atoms with Crippen molar-refractivity contribution in [2.75, 3.05) is 36.5 Å². The quantitative estimate of drug-likeness (QED) is 0.882. The first-order valence-electron chi connectivity index (χ1n) is 7.76. The first kappa shape index (κ1) is 17.0. The Kier molecular flexibility index (Phi) is 5.34. The second-order valence-corrected chi connectivity index (χ2v) is 5.38. The predicted octanol–water partition coefficient (Wildman–Crippen LogP) is 1.91. The van der Waals surface area contributed by atoms with E-state index in [1.54, 1.807) is 12.3 Å². The summed E-state index contributed by atoms with van der Waals surface area (Å²) < 4.78 is 31.9. The molecule has 1 aliphatic rings. The predicted molar refractivity (Wildman–Crippen MR) is 87.3 cm³/mol. The van der Waals surface area contributed by atoms with Gasteiger partial charge in [-0.15, -0.1) is 0 Å². The standard InChI is InChI=1S/C16H17F2N5O2/c17-11-1-2-13(18)14(9-11)22-16(24)20-10-12-3-4-19-15(21-12)23-5-7-25-8-6-23/h1-4,9H,5-8,10H2,(H2,20,22,24). The Morgan fingerprint density at radius 2 is 2.04 bits per heavy atom. The molecule has 0 unspecified atom stereocenters. The molecule has 1 aliphatic heterocycles. The van der Waals surface area contributed by atoms with Crippen molar-refractivity contribution in [2.45, 2.75) is 6.54 Å². The molecule has 2 N–H and O–H groups in total. The van der Waals surface area contributed by atoms with Crippen LogP contribution in [0.5, 0.6) is 0 Å². The number of nitrogens with zero attached hydrogens (tertiary/aromatic N) is 3. The number of hydrogen-bond donors (Lipinski definition) is 2. The van der Waals surface area contributed by atoms with Crippen LogP contribution in [-0.2, 0) is 11.3 Å². The molecular weight excluding hydrogens is 332 g/mol. The van der Waals surface area contributed by atoms with Crippen molar-refractivity contribution >= 4 is 17.7 Å². The second kappa shape index (κ2) is 7.84. The second-order valence-electron chi connectivity index (χ2n) is 5.38. The highest BCUT2D eigenvalue weighted by molar-refractivity contribution is 5.89. The van der Waals surface area contributed by atoms with Crippen LogP contribution in [0.1, 0.15) is 5.69 Å². The number of halogens is 2. The maximum Gasteiger partial charge on any atom is 0.319 e. The van der Waals surface area contributed by atoms with Crippen molar-refractivity contribution in [3.8, 4) is 0 Å². The third-order valence-electron chi connectivity index (χ3n) is 3.60. The number of anilines is 2. The fraction of sp³-hybridized carbons (Fsp3) is 0.312. The zero-order chi connectivity index (χ0) is 17.6. The van der Waals surface area contributed by atoms with Gasteiger partial charge in [-0.25, -0.2) is 23.5 Å². The van der Waals surface area contributed by atoms with E-state index in [4.69, 9.17) is 4.74 Å². The summed E-state index contributed by atoms with van der Waals surface area (Å²) in [4.78, 5) is 22.5. The normalized spacial score (nSPS) is 14.2. The molecule has 1 saturated heterocycles. The van der Waals surface area contributed by atoms with E-state index < -0.39 is 17.7 Å². The minimum atomic E-state index is -0.715. The fourth-order valence-electron chi connectivity index (χ4n) is 2.33. The van der Waals surface area contributed by atoms with Crippen molar-refractivity contribution in [3.63, 3.8) is 0 Å². The summed E-state index contributed by atoms with van der Waals surface area (Å²) >= 11 is 0. The van der Waals surface area contributed by atoms with Gasteiger partial charge in [-0.05, 0) is 18.2 Å². The zero-order valence-corrected chi connectivity index (χ0v) is 13.3. The molecule has 1 aromatic carbocycles. The number of nitrogens with one attached hydrogen (secondary N) is 2. The van der Waals surface area contributed by atoms with E-state index in [0.29, 0.717) is 37.9 Å². The minimum absolute atomic E-state index is 0.128. The SMILES string of the molecule is O=C(NCc1ccnc(N2CCOCC2)n1)Nc1cc(F)ccc1F. The van der Waals surface area contributed by atoms with E-state index in [2.05, 4.69) is 20.6 Å². The lowest BCUT2D eigenvalue weighted by atomic mass is 10.3. The van der Waals surface area contributed by atoms with Crippen LogP contribution >= 0.6 is 0 Å². The van der Waals surface area contributed by atoms with Gasteiger partial charge in [0, 0.05) is 25.4 Å². The molecule has 132 valence electrons. The third-order valence-corrected chi connectivity index (χ3v) is 3.60. The van der Waals surface area contributed by atoms with Gasteiger partial charge in [-0.1, -0.05) is 0 Å². The molecule has 7 nitrogen and oxygen atoms in total. The molecule has 0 atom stereocenters. The molecule has 25 heavy (non-hydrogen) atoms. The number of urea groups is 1. The molecule has 2 heterocycles. The van der Waals surface area contributed by atoms with Crippen molar-refractivity contribution in [3.05, 3.63) is 47.8 Å². The Morgan fingerprint density at radius 3 is 2.84 bits per heavy atom. The summed E-state index contributed by atoms with van der Waals surface area (Å²) in [6.07, 6.45) is 1.61. The maximum atomic E-state index is 13.5. The number of aromatic nitrogens is 2. The van der Waals surface area contributed by atoms with E-state index in [1.165, 1.54) is 0 Å². The van der Waals surface area contributed by atoms with Gasteiger partial charge in [0.2, 0.25) is 5.95 Å². The van der Waals surface area contributed by atoms with Gasteiger partial charge in [0.15, 0.2) is 0 Å². The number of amides is 2. The number of rotatable bonds is 4. The highest BCUT2D eigenvalue weighted by Gasteiger charge is 2.14. The summed E-state index contributed by atoms with van der Waals surface area (Å²) in [7, 11) is 0. The van der Waals surface area contributed by atoms with Gasteiger partial charge >= 0.3 is 6.03 Å². The van der Waals surface area contributed by atoms with Gasteiger partial charge in [-0.3, -0.25) is 0 Å². The Hall–Kier alpha value is -2.81. The average molecular weight is 349 g/mol. The van der Waals surface area contributed by atoms with Gasteiger partial charge in [-0.2, -0.15) is 0 Å². The minimum Gasteiger partial charge on any atom is -0.378 e. The molecule has 1 fully saturated rings.